The summed E-state index contributed by atoms with van der Waals surface area (Å²) >= 11 is 1.36. The number of furan rings is 1. The SMILES string of the molecule is O=S(=O)(Nc1nc2c(s1)CCC2)c1ccc(CO)o1. The third-order valence-electron chi connectivity index (χ3n) is 2.88. The first-order chi connectivity index (χ1) is 9.08. The highest BCUT2D eigenvalue weighted by Crippen LogP contribution is 2.31. The molecule has 0 amide bonds. The third-order valence-corrected chi connectivity index (χ3v) is 5.29. The van der Waals surface area contributed by atoms with Gasteiger partial charge in [-0.1, -0.05) is 0 Å². The van der Waals surface area contributed by atoms with E-state index in [-0.39, 0.29) is 17.5 Å². The van der Waals surface area contributed by atoms with Gasteiger partial charge in [-0.25, -0.2) is 4.98 Å². The molecule has 0 fully saturated rings. The molecule has 0 atom stereocenters. The van der Waals surface area contributed by atoms with Crippen LogP contribution in [0.3, 0.4) is 0 Å². The highest BCUT2D eigenvalue weighted by atomic mass is 32.2. The van der Waals surface area contributed by atoms with Crippen LogP contribution in [0.15, 0.2) is 21.6 Å². The molecule has 2 aromatic rings. The number of aliphatic hydroxyl groups is 1. The van der Waals surface area contributed by atoms with Gasteiger partial charge in [-0.3, -0.25) is 4.72 Å². The fourth-order valence-electron chi connectivity index (χ4n) is 1.99. The zero-order valence-corrected chi connectivity index (χ0v) is 11.6. The van der Waals surface area contributed by atoms with Gasteiger partial charge in [0.2, 0.25) is 5.09 Å². The first kappa shape index (κ1) is 12.6. The van der Waals surface area contributed by atoms with E-state index in [0.29, 0.717) is 5.13 Å². The molecule has 3 rings (SSSR count). The van der Waals surface area contributed by atoms with Gasteiger partial charge in [0.1, 0.15) is 12.4 Å². The van der Waals surface area contributed by atoms with Crippen LogP contribution in [0.5, 0.6) is 0 Å². The maximum atomic E-state index is 12.0. The summed E-state index contributed by atoms with van der Waals surface area (Å²) in [4.78, 5) is 5.41. The number of thiazole rings is 1. The first-order valence-electron chi connectivity index (χ1n) is 5.79. The lowest BCUT2D eigenvalue weighted by Crippen LogP contribution is -2.12. The molecule has 19 heavy (non-hydrogen) atoms. The fraction of sp³-hybridized carbons (Fsp3) is 0.364. The van der Waals surface area contributed by atoms with Crippen LogP contribution in [0.2, 0.25) is 0 Å². The van der Waals surface area contributed by atoms with Crippen LogP contribution in [-0.2, 0) is 29.5 Å². The lowest BCUT2D eigenvalue weighted by Gasteiger charge is -2.01. The minimum atomic E-state index is -3.77. The second-order valence-corrected chi connectivity index (χ2v) is 6.92. The van der Waals surface area contributed by atoms with Crippen molar-refractivity contribution >= 4 is 26.5 Å². The molecular weight excluding hydrogens is 288 g/mol. The van der Waals surface area contributed by atoms with Gasteiger partial charge in [0.05, 0.1) is 5.69 Å². The fourth-order valence-corrected chi connectivity index (χ4v) is 4.22. The number of nitrogens with zero attached hydrogens (tertiary/aromatic N) is 1. The van der Waals surface area contributed by atoms with Crippen LogP contribution in [0.4, 0.5) is 5.13 Å². The van der Waals surface area contributed by atoms with Gasteiger partial charge in [-0.2, -0.15) is 8.42 Å². The van der Waals surface area contributed by atoms with E-state index in [9.17, 15) is 8.42 Å². The van der Waals surface area contributed by atoms with E-state index in [1.165, 1.54) is 23.5 Å². The summed E-state index contributed by atoms with van der Waals surface area (Å²) in [5.74, 6) is 0.210. The maximum absolute atomic E-state index is 12.0. The van der Waals surface area contributed by atoms with Crippen molar-refractivity contribution in [3.63, 3.8) is 0 Å². The Kier molecular flexibility index (Phi) is 3.08. The quantitative estimate of drug-likeness (QED) is 0.893. The van der Waals surface area contributed by atoms with E-state index in [1.807, 2.05) is 0 Å². The van der Waals surface area contributed by atoms with E-state index in [0.717, 1.165) is 29.8 Å². The topological polar surface area (TPSA) is 92.4 Å². The molecule has 0 bridgehead atoms. The molecule has 2 N–H and O–H groups in total. The number of aryl methyl sites for hydroxylation is 2. The Labute approximate surface area is 114 Å². The minimum absolute atomic E-state index is 0.210. The maximum Gasteiger partial charge on any atom is 0.297 e. The second kappa shape index (κ2) is 4.62. The predicted molar refractivity (Wildman–Crippen MR) is 69.6 cm³/mol. The van der Waals surface area contributed by atoms with E-state index in [4.69, 9.17) is 9.52 Å². The number of rotatable bonds is 4. The molecule has 0 spiro atoms. The number of fused-ring (bicyclic) bond motifs is 1. The molecule has 1 aliphatic rings. The van der Waals surface area contributed by atoms with Crippen molar-refractivity contribution in [3.8, 4) is 0 Å². The minimum Gasteiger partial charge on any atom is -0.445 e. The van der Waals surface area contributed by atoms with Crippen molar-refractivity contribution in [2.75, 3.05) is 4.72 Å². The Hall–Kier alpha value is -1.38. The largest absolute Gasteiger partial charge is 0.445 e. The Morgan fingerprint density at radius 1 is 1.42 bits per heavy atom. The van der Waals surface area contributed by atoms with Gasteiger partial charge in [0.15, 0.2) is 5.13 Å². The molecule has 0 unspecified atom stereocenters. The molecule has 1 aliphatic carbocycles. The lowest BCUT2D eigenvalue weighted by molar-refractivity contribution is 0.236. The van der Waals surface area contributed by atoms with Gasteiger partial charge in [0, 0.05) is 4.88 Å². The van der Waals surface area contributed by atoms with Gasteiger partial charge in [-0.05, 0) is 31.4 Å². The molecule has 2 heterocycles. The number of nitrogens with one attached hydrogen (secondary N) is 1. The zero-order valence-electron chi connectivity index (χ0n) is 9.92. The summed E-state index contributed by atoms with van der Waals surface area (Å²) in [7, 11) is -3.77. The highest BCUT2D eigenvalue weighted by Gasteiger charge is 2.23. The monoisotopic (exact) mass is 300 g/mol. The molecule has 102 valence electrons. The normalized spacial score (nSPS) is 14.6. The van der Waals surface area contributed by atoms with E-state index in [1.54, 1.807) is 0 Å². The summed E-state index contributed by atoms with van der Waals surface area (Å²) in [6.45, 7) is -0.332. The van der Waals surface area contributed by atoms with Gasteiger partial charge in [-0.15, -0.1) is 11.3 Å². The Morgan fingerprint density at radius 2 is 2.26 bits per heavy atom. The average molecular weight is 300 g/mol. The number of anilines is 1. The molecular formula is C11H12N2O4S2. The van der Waals surface area contributed by atoms with Crippen LogP contribution in [0, 0.1) is 0 Å². The first-order valence-corrected chi connectivity index (χ1v) is 8.09. The smallest absolute Gasteiger partial charge is 0.297 e. The summed E-state index contributed by atoms with van der Waals surface area (Å²) < 4.78 is 31.5. The van der Waals surface area contributed by atoms with Crippen LogP contribution < -0.4 is 4.72 Å². The van der Waals surface area contributed by atoms with Crippen LogP contribution in [0.25, 0.3) is 0 Å². The molecule has 2 aromatic heterocycles. The summed E-state index contributed by atoms with van der Waals surface area (Å²) in [6.07, 6.45) is 2.95. The number of aromatic nitrogens is 1. The van der Waals surface area contributed by atoms with E-state index in [2.05, 4.69) is 9.71 Å². The standard InChI is InChI=1S/C11H12N2O4S2/c14-6-7-4-5-10(17-7)19(15,16)13-11-12-8-2-1-3-9(8)18-11/h4-5,14H,1-3,6H2,(H,12,13). The Bertz CT molecular complexity index is 681. The van der Waals surface area contributed by atoms with Crippen molar-refractivity contribution in [1.29, 1.82) is 0 Å². The summed E-state index contributed by atoms with van der Waals surface area (Å²) in [6, 6.07) is 2.74. The van der Waals surface area contributed by atoms with Crippen molar-refractivity contribution < 1.29 is 17.9 Å². The Morgan fingerprint density at radius 3 is 2.95 bits per heavy atom. The molecule has 0 aliphatic heterocycles. The summed E-state index contributed by atoms with van der Waals surface area (Å²) in [5.41, 5.74) is 0.984. The van der Waals surface area contributed by atoms with E-state index >= 15 is 0 Å². The number of aliphatic hydroxyl groups excluding tert-OH is 1. The van der Waals surface area contributed by atoms with E-state index < -0.39 is 10.0 Å². The molecule has 0 saturated heterocycles. The Balaban J connectivity index is 1.84. The van der Waals surface area contributed by atoms with Crippen LogP contribution in [0.1, 0.15) is 22.8 Å². The molecule has 8 heteroatoms. The molecule has 0 saturated carbocycles. The molecule has 6 nitrogen and oxygen atoms in total. The van der Waals surface area contributed by atoms with Crippen molar-refractivity contribution in [1.82, 2.24) is 4.98 Å². The molecule has 0 aromatic carbocycles. The summed E-state index contributed by atoms with van der Waals surface area (Å²) in [5, 5.41) is 9.02. The zero-order chi connectivity index (χ0) is 13.5. The third kappa shape index (κ3) is 2.38. The van der Waals surface area contributed by atoms with Crippen LogP contribution in [-0.4, -0.2) is 18.5 Å². The highest BCUT2D eigenvalue weighted by molar-refractivity contribution is 7.92. The van der Waals surface area contributed by atoms with Crippen molar-refractivity contribution in [2.24, 2.45) is 0 Å². The van der Waals surface area contributed by atoms with Gasteiger partial charge in [0.25, 0.3) is 10.0 Å². The van der Waals surface area contributed by atoms with Crippen LogP contribution >= 0.6 is 11.3 Å². The van der Waals surface area contributed by atoms with Crippen molar-refractivity contribution in [2.45, 2.75) is 31.0 Å². The predicted octanol–water partition coefficient (Wildman–Crippen LogP) is 1.52. The number of sulfonamides is 1. The second-order valence-electron chi connectivity index (χ2n) is 4.23. The molecule has 0 radical (unpaired) electrons. The van der Waals surface area contributed by atoms with Gasteiger partial charge >= 0.3 is 0 Å². The number of hydrogen-bond donors (Lipinski definition) is 2. The number of hydrogen-bond acceptors (Lipinski definition) is 6. The average Bonchev–Trinajstić information content (AvgIpc) is 3.01. The van der Waals surface area contributed by atoms with Crippen molar-refractivity contribution in [3.05, 3.63) is 28.5 Å². The lowest BCUT2D eigenvalue weighted by atomic mass is 10.4. The van der Waals surface area contributed by atoms with Gasteiger partial charge < -0.3 is 9.52 Å².